The van der Waals surface area contributed by atoms with Gasteiger partial charge in [-0.05, 0) is 37.4 Å². The van der Waals surface area contributed by atoms with Crippen LogP contribution in [0, 0.1) is 5.82 Å². The van der Waals surface area contributed by atoms with Gasteiger partial charge in [0.15, 0.2) is 0 Å². The third-order valence-electron chi connectivity index (χ3n) is 3.10. The fraction of sp³-hybridized carbons (Fsp3) is 0.294. The van der Waals surface area contributed by atoms with Crippen LogP contribution in [0.3, 0.4) is 0 Å². The van der Waals surface area contributed by atoms with Crippen molar-refractivity contribution < 1.29 is 9.13 Å². The van der Waals surface area contributed by atoms with Crippen LogP contribution < -0.4 is 0 Å². The van der Waals surface area contributed by atoms with Gasteiger partial charge < -0.3 is 9.64 Å². The zero-order chi connectivity index (χ0) is 14.4. The molecule has 3 heteroatoms. The summed E-state index contributed by atoms with van der Waals surface area (Å²) in [5.41, 5.74) is 2.05. The molecular formula is C17H20FNO. The predicted molar refractivity (Wildman–Crippen MR) is 79.2 cm³/mol. The average Bonchev–Trinajstić information content (AvgIpc) is 2.46. The summed E-state index contributed by atoms with van der Waals surface area (Å²) in [5.74, 6) is -0.228. The van der Waals surface area contributed by atoms with Gasteiger partial charge in [-0.15, -0.1) is 0 Å². The Hall–Kier alpha value is -1.71. The van der Waals surface area contributed by atoms with Crippen LogP contribution in [0.4, 0.5) is 4.39 Å². The molecule has 0 saturated carbocycles. The molecule has 0 amide bonds. The summed E-state index contributed by atoms with van der Waals surface area (Å²) in [4.78, 5) is 2.08. The highest BCUT2D eigenvalue weighted by atomic mass is 19.1. The van der Waals surface area contributed by atoms with E-state index in [2.05, 4.69) is 4.90 Å². The first kappa shape index (κ1) is 14.7. The summed E-state index contributed by atoms with van der Waals surface area (Å²) >= 11 is 0. The summed E-state index contributed by atoms with van der Waals surface area (Å²) in [6.45, 7) is 1.48. The molecule has 0 aromatic heterocycles. The highest BCUT2D eigenvalue weighted by molar-refractivity contribution is 5.30. The van der Waals surface area contributed by atoms with Crippen molar-refractivity contribution in [3.8, 4) is 0 Å². The van der Waals surface area contributed by atoms with Crippen molar-refractivity contribution in [2.45, 2.75) is 6.10 Å². The molecule has 0 heterocycles. The monoisotopic (exact) mass is 273 g/mol. The zero-order valence-electron chi connectivity index (χ0n) is 11.9. The molecule has 0 fully saturated rings. The van der Waals surface area contributed by atoms with Gasteiger partial charge in [0.2, 0.25) is 0 Å². The fourth-order valence-corrected chi connectivity index (χ4v) is 2.00. The highest BCUT2D eigenvalue weighted by Crippen LogP contribution is 2.25. The molecule has 2 aromatic rings. The third-order valence-corrected chi connectivity index (χ3v) is 3.10. The van der Waals surface area contributed by atoms with Gasteiger partial charge in [0.25, 0.3) is 0 Å². The van der Waals surface area contributed by atoms with Gasteiger partial charge in [0.05, 0.1) is 6.61 Å². The second kappa shape index (κ2) is 7.17. The topological polar surface area (TPSA) is 12.5 Å². The van der Waals surface area contributed by atoms with Gasteiger partial charge in [0.1, 0.15) is 11.9 Å². The van der Waals surface area contributed by atoms with Gasteiger partial charge in [-0.25, -0.2) is 4.39 Å². The highest BCUT2D eigenvalue weighted by Gasteiger charge is 2.14. The smallest absolute Gasteiger partial charge is 0.123 e. The molecule has 0 aliphatic heterocycles. The van der Waals surface area contributed by atoms with Crippen LogP contribution in [0.15, 0.2) is 54.6 Å². The molecule has 2 rings (SSSR count). The maximum Gasteiger partial charge on any atom is 0.123 e. The number of likely N-dealkylation sites (N-methyl/N-ethyl adjacent to an activating group) is 1. The Morgan fingerprint density at radius 2 is 1.55 bits per heavy atom. The molecule has 20 heavy (non-hydrogen) atoms. The number of benzene rings is 2. The molecule has 0 N–H and O–H groups in total. The molecule has 0 bridgehead atoms. The summed E-state index contributed by atoms with van der Waals surface area (Å²) < 4.78 is 19.1. The van der Waals surface area contributed by atoms with Crippen LogP contribution in [-0.4, -0.2) is 32.1 Å². The number of ether oxygens (including phenoxy) is 1. The Labute approximate surface area is 119 Å². The van der Waals surface area contributed by atoms with E-state index < -0.39 is 0 Å². The largest absolute Gasteiger partial charge is 0.367 e. The Morgan fingerprint density at radius 3 is 2.15 bits per heavy atom. The number of hydrogen-bond donors (Lipinski definition) is 0. The van der Waals surface area contributed by atoms with E-state index in [4.69, 9.17) is 4.74 Å². The van der Waals surface area contributed by atoms with Crippen molar-refractivity contribution in [1.82, 2.24) is 4.90 Å². The molecule has 2 nitrogen and oxygen atoms in total. The normalized spacial score (nSPS) is 12.6. The zero-order valence-corrected chi connectivity index (χ0v) is 11.9. The van der Waals surface area contributed by atoms with Gasteiger partial charge >= 0.3 is 0 Å². The van der Waals surface area contributed by atoms with Crippen LogP contribution in [0.5, 0.6) is 0 Å². The molecule has 2 aromatic carbocycles. The Bertz CT molecular complexity index is 510. The minimum absolute atomic E-state index is 0.156. The van der Waals surface area contributed by atoms with Crippen molar-refractivity contribution in [1.29, 1.82) is 0 Å². The van der Waals surface area contributed by atoms with Crippen molar-refractivity contribution >= 4 is 0 Å². The van der Waals surface area contributed by atoms with E-state index in [0.29, 0.717) is 6.61 Å². The quantitative estimate of drug-likeness (QED) is 0.799. The van der Waals surface area contributed by atoms with Gasteiger partial charge in [0, 0.05) is 6.54 Å². The van der Waals surface area contributed by atoms with E-state index in [9.17, 15) is 4.39 Å². The van der Waals surface area contributed by atoms with Gasteiger partial charge in [-0.3, -0.25) is 0 Å². The van der Waals surface area contributed by atoms with E-state index in [1.807, 2.05) is 44.4 Å². The fourth-order valence-electron chi connectivity index (χ4n) is 2.00. The number of rotatable bonds is 6. The predicted octanol–water partition coefficient (Wildman–Crippen LogP) is 3.49. The molecule has 0 saturated heterocycles. The average molecular weight is 273 g/mol. The second-order valence-electron chi connectivity index (χ2n) is 5.02. The summed E-state index contributed by atoms with van der Waals surface area (Å²) in [5, 5.41) is 0. The van der Waals surface area contributed by atoms with E-state index >= 15 is 0 Å². The second-order valence-corrected chi connectivity index (χ2v) is 5.02. The molecule has 1 atom stereocenters. The van der Waals surface area contributed by atoms with Crippen molar-refractivity contribution in [3.05, 3.63) is 71.5 Å². The lowest BCUT2D eigenvalue weighted by Gasteiger charge is -2.20. The lowest BCUT2D eigenvalue weighted by Crippen LogP contribution is -2.20. The van der Waals surface area contributed by atoms with E-state index in [-0.39, 0.29) is 11.9 Å². The molecule has 0 unspecified atom stereocenters. The number of halogens is 1. The summed E-state index contributed by atoms with van der Waals surface area (Å²) in [7, 11) is 4.03. The third kappa shape index (κ3) is 4.15. The first-order valence-corrected chi connectivity index (χ1v) is 6.73. The molecular weight excluding hydrogens is 253 g/mol. The van der Waals surface area contributed by atoms with Crippen LogP contribution >= 0.6 is 0 Å². The molecule has 0 aliphatic carbocycles. The van der Waals surface area contributed by atoms with Crippen LogP contribution in [0.2, 0.25) is 0 Å². The van der Waals surface area contributed by atoms with Crippen LogP contribution in [0.25, 0.3) is 0 Å². The van der Waals surface area contributed by atoms with Gasteiger partial charge in [-0.2, -0.15) is 0 Å². The first-order valence-electron chi connectivity index (χ1n) is 6.73. The minimum Gasteiger partial charge on any atom is -0.367 e. The minimum atomic E-state index is -0.228. The Morgan fingerprint density at radius 1 is 0.950 bits per heavy atom. The van der Waals surface area contributed by atoms with Crippen molar-refractivity contribution in [2.24, 2.45) is 0 Å². The standard InChI is InChI=1S/C17H20FNO/c1-19(2)12-13-20-17(14-6-4-3-5-7-14)15-8-10-16(18)11-9-15/h3-11,17H,12-13H2,1-2H3/t17-/m0/s1. The molecule has 0 radical (unpaired) electrons. The maximum absolute atomic E-state index is 13.1. The van der Waals surface area contributed by atoms with Crippen molar-refractivity contribution in [3.63, 3.8) is 0 Å². The summed E-state index contributed by atoms with van der Waals surface area (Å²) in [6.07, 6.45) is -0.156. The van der Waals surface area contributed by atoms with Crippen LogP contribution in [-0.2, 0) is 4.74 Å². The van der Waals surface area contributed by atoms with E-state index in [0.717, 1.165) is 17.7 Å². The molecule has 0 aliphatic rings. The van der Waals surface area contributed by atoms with Gasteiger partial charge in [-0.1, -0.05) is 42.5 Å². The lowest BCUT2D eigenvalue weighted by atomic mass is 10.0. The van der Waals surface area contributed by atoms with Crippen molar-refractivity contribution in [2.75, 3.05) is 27.2 Å². The van der Waals surface area contributed by atoms with E-state index in [1.165, 1.54) is 12.1 Å². The van der Waals surface area contributed by atoms with E-state index in [1.54, 1.807) is 12.1 Å². The molecule has 0 spiro atoms. The number of hydrogen-bond acceptors (Lipinski definition) is 2. The maximum atomic E-state index is 13.1. The summed E-state index contributed by atoms with van der Waals surface area (Å²) in [6, 6.07) is 16.5. The Kier molecular flexibility index (Phi) is 5.27. The Balaban J connectivity index is 2.18. The van der Waals surface area contributed by atoms with Crippen LogP contribution in [0.1, 0.15) is 17.2 Å². The number of nitrogens with zero attached hydrogens (tertiary/aromatic N) is 1. The molecule has 106 valence electrons. The lowest BCUT2D eigenvalue weighted by molar-refractivity contribution is 0.0687. The first-order chi connectivity index (χ1) is 9.66. The SMILES string of the molecule is CN(C)CCO[C@@H](c1ccccc1)c1ccc(F)cc1.